The maximum atomic E-state index is 11.9. The minimum Gasteiger partial charge on any atom is -0.323 e. The molecule has 1 aromatic rings. The average Bonchev–Trinajstić information content (AvgIpc) is 2.45. The number of rotatable bonds is 4. The minimum absolute atomic E-state index is 0.258. The van der Waals surface area contributed by atoms with Crippen LogP contribution in [0.2, 0.25) is 0 Å². The van der Waals surface area contributed by atoms with Crippen LogP contribution in [0.5, 0.6) is 0 Å². The van der Waals surface area contributed by atoms with Crippen LogP contribution >= 0.6 is 22.0 Å². The molecule has 0 radical (unpaired) electrons. The Morgan fingerprint density at radius 1 is 1.64 bits per heavy atom. The van der Waals surface area contributed by atoms with Crippen molar-refractivity contribution in [3.8, 4) is 0 Å². The Morgan fingerprint density at radius 2 is 2.36 bits per heavy atom. The van der Waals surface area contributed by atoms with Gasteiger partial charge in [-0.25, -0.2) is 0 Å². The third kappa shape index (κ3) is 3.77. The number of hydrogen-bond donors (Lipinski definition) is 0. The Bertz CT molecular complexity index is 450. The molecule has 1 aromatic heterocycles. The maximum Gasteiger partial charge on any atom is 0.342 e. The van der Waals surface area contributed by atoms with E-state index in [-0.39, 0.29) is 4.80 Å². The Labute approximate surface area is 89.2 Å². The average molecular weight is 259 g/mol. The molecule has 0 fully saturated rings. The second kappa shape index (κ2) is 4.90. The lowest BCUT2D eigenvalue weighted by Gasteiger charge is -1.97. The van der Waals surface area contributed by atoms with Crippen LogP contribution in [-0.2, 0) is 15.8 Å². The van der Waals surface area contributed by atoms with E-state index in [0.29, 0.717) is 13.0 Å². The lowest BCUT2D eigenvalue weighted by molar-refractivity contribution is 0.444. The molecule has 0 aromatic carbocycles. The van der Waals surface area contributed by atoms with Crippen molar-refractivity contribution in [3.63, 3.8) is 0 Å². The molecule has 0 atom stereocenters. The zero-order valence-electron chi connectivity index (χ0n) is 7.06. The molecule has 1 heterocycles. The molecule has 0 aliphatic rings. The number of alkyl halides is 1. The molecule has 4 nitrogen and oxygen atoms in total. The summed E-state index contributed by atoms with van der Waals surface area (Å²) < 4.78 is 38.0. The summed E-state index contributed by atoms with van der Waals surface area (Å²) in [4.78, 5) is 0.258. The van der Waals surface area contributed by atoms with Gasteiger partial charge in [-0.3, -0.25) is 4.39 Å². The van der Waals surface area contributed by atoms with Crippen LogP contribution in [0.25, 0.3) is 0 Å². The van der Waals surface area contributed by atoms with Crippen LogP contribution in [0, 0.1) is 0 Å². The number of nitrogens with zero attached hydrogens (tertiary/aromatic N) is 2. The van der Waals surface area contributed by atoms with Crippen molar-refractivity contribution in [1.82, 2.24) is 4.57 Å². The summed E-state index contributed by atoms with van der Waals surface area (Å²) in [5, 5.41) is 1.67. The van der Waals surface area contributed by atoms with E-state index in [0.717, 1.165) is 11.3 Å². The zero-order chi connectivity index (χ0) is 10.6. The van der Waals surface area contributed by atoms with Crippen LogP contribution in [0.15, 0.2) is 16.0 Å². The highest BCUT2D eigenvalue weighted by atomic mass is 35.7. The normalized spacial score (nSPS) is 13.4. The molecule has 0 aliphatic carbocycles. The fourth-order valence-corrected chi connectivity index (χ4v) is 2.56. The Morgan fingerprint density at radius 3 is 2.93 bits per heavy atom. The van der Waals surface area contributed by atoms with Crippen LogP contribution in [0.1, 0.15) is 6.42 Å². The highest BCUT2D eigenvalue weighted by Crippen LogP contribution is 1.99. The van der Waals surface area contributed by atoms with Gasteiger partial charge < -0.3 is 4.57 Å². The molecule has 1 rings (SSSR count). The van der Waals surface area contributed by atoms with Crippen LogP contribution in [0.3, 0.4) is 0 Å². The lowest BCUT2D eigenvalue weighted by atomic mass is 10.5. The first kappa shape index (κ1) is 11.7. The Balaban J connectivity index is 2.99. The van der Waals surface area contributed by atoms with Gasteiger partial charge in [-0.2, -0.15) is 8.42 Å². The monoisotopic (exact) mass is 258 g/mol. The third-order valence-corrected chi connectivity index (χ3v) is 2.89. The molecule has 0 unspecified atom stereocenters. The van der Waals surface area contributed by atoms with Gasteiger partial charge in [0.15, 0.2) is 0 Å². The number of halogens is 2. The van der Waals surface area contributed by atoms with Crippen molar-refractivity contribution in [2.45, 2.75) is 13.0 Å². The third-order valence-electron chi connectivity index (χ3n) is 1.38. The van der Waals surface area contributed by atoms with Crippen molar-refractivity contribution in [3.05, 3.63) is 16.4 Å². The molecular weight excluding hydrogens is 251 g/mol. The summed E-state index contributed by atoms with van der Waals surface area (Å²) in [6, 6.07) is 0. The van der Waals surface area contributed by atoms with Crippen molar-refractivity contribution in [2.24, 2.45) is 4.40 Å². The fraction of sp³-hybridized carbons (Fsp3) is 0.500. The highest BCUT2D eigenvalue weighted by Gasteiger charge is 2.02. The van der Waals surface area contributed by atoms with E-state index in [2.05, 4.69) is 4.40 Å². The molecule has 80 valence electrons. The number of aromatic nitrogens is 1. The number of thiazole rings is 1. The van der Waals surface area contributed by atoms with E-state index < -0.39 is 15.9 Å². The largest absolute Gasteiger partial charge is 0.342 e. The van der Waals surface area contributed by atoms with Crippen LogP contribution in [0.4, 0.5) is 4.39 Å². The van der Waals surface area contributed by atoms with Gasteiger partial charge >= 0.3 is 9.24 Å². The zero-order valence-corrected chi connectivity index (χ0v) is 9.45. The summed E-state index contributed by atoms with van der Waals surface area (Å²) in [5.74, 6) is 0. The van der Waals surface area contributed by atoms with Crippen LogP contribution in [-0.4, -0.2) is 19.7 Å². The molecular formula is C6H8ClFN2O2S2. The summed E-state index contributed by atoms with van der Waals surface area (Å²) in [5.41, 5.74) is 0. The maximum absolute atomic E-state index is 11.9. The Hall–Kier alpha value is -0.400. The molecule has 0 saturated heterocycles. The van der Waals surface area contributed by atoms with Gasteiger partial charge in [-0.1, -0.05) is 0 Å². The first-order chi connectivity index (χ1) is 6.53. The van der Waals surface area contributed by atoms with Crippen molar-refractivity contribution < 1.29 is 12.8 Å². The molecule has 8 heteroatoms. The first-order valence-corrected chi connectivity index (χ1v) is 6.88. The fourth-order valence-electron chi connectivity index (χ4n) is 0.864. The highest BCUT2D eigenvalue weighted by molar-refractivity contribution is 8.12. The molecule has 0 spiro atoms. The van der Waals surface area contributed by atoms with Crippen molar-refractivity contribution in [1.29, 1.82) is 0 Å². The van der Waals surface area contributed by atoms with E-state index in [9.17, 15) is 12.8 Å². The molecule has 0 saturated carbocycles. The van der Waals surface area contributed by atoms with Gasteiger partial charge in [0.1, 0.15) is 0 Å². The standard InChI is InChI=1S/C6H8ClFN2O2S2/c7-14(11,12)9-6-10(3-1-2-8)4-5-13-6/h4-5H,1-3H2/b9-6+. The quantitative estimate of drug-likeness (QED) is 0.765. The molecule has 0 aliphatic heterocycles. The van der Waals surface area contributed by atoms with Crippen molar-refractivity contribution >= 4 is 31.3 Å². The number of aryl methyl sites for hydroxylation is 1. The molecule has 14 heavy (non-hydrogen) atoms. The summed E-state index contributed by atoms with van der Waals surface area (Å²) in [6.45, 7) is -0.0544. The van der Waals surface area contributed by atoms with Crippen molar-refractivity contribution in [2.75, 3.05) is 6.67 Å². The molecule has 0 bridgehead atoms. The smallest absolute Gasteiger partial charge is 0.323 e. The van der Waals surface area contributed by atoms with Gasteiger partial charge in [0, 0.05) is 28.8 Å². The van der Waals surface area contributed by atoms with E-state index in [4.69, 9.17) is 10.7 Å². The van der Waals surface area contributed by atoms with E-state index >= 15 is 0 Å². The van der Waals surface area contributed by atoms with E-state index in [1.54, 1.807) is 16.1 Å². The second-order valence-corrected chi connectivity index (χ2v) is 5.47. The van der Waals surface area contributed by atoms with Gasteiger partial charge in [0.25, 0.3) is 0 Å². The topological polar surface area (TPSA) is 51.4 Å². The van der Waals surface area contributed by atoms with Gasteiger partial charge in [-0.15, -0.1) is 15.7 Å². The van der Waals surface area contributed by atoms with E-state index in [1.165, 1.54) is 0 Å². The molecule has 0 amide bonds. The SMILES string of the molecule is O=S(=O)(Cl)/N=c1/sccn1CCCF. The van der Waals surface area contributed by atoms with Gasteiger partial charge in [0.2, 0.25) is 4.80 Å². The van der Waals surface area contributed by atoms with Crippen LogP contribution < -0.4 is 4.80 Å². The minimum atomic E-state index is -3.90. The summed E-state index contributed by atoms with van der Waals surface area (Å²) >= 11 is 1.14. The predicted molar refractivity (Wildman–Crippen MR) is 53.2 cm³/mol. The summed E-state index contributed by atoms with van der Waals surface area (Å²) in [6.07, 6.45) is 1.97. The van der Waals surface area contributed by atoms with Gasteiger partial charge in [0.05, 0.1) is 6.67 Å². The van der Waals surface area contributed by atoms with Gasteiger partial charge in [-0.05, 0) is 6.42 Å². The predicted octanol–water partition coefficient (Wildman–Crippen LogP) is 1.29. The first-order valence-electron chi connectivity index (χ1n) is 3.73. The van der Waals surface area contributed by atoms with E-state index in [1.807, 2.05) is 0 Å². The second-order valence-electron chi connectivity index (χ2n) is 2.42. The number of hydrogen-bond acceptors (Lipinski definition) is 3. The lowest BCUT2D eigenvalue weighted by Crippen LogP contribution is -2.15. The Kier molecular flexibility index (Phi) is 4.09. The molecule has 0 N–H and O–H groups in total. The summed E-state index contributed by atoms with van der Waals surface area (Å²) in [7, 11) is 1.05.